The van der Waals surface area contributed by atoms with Gasteiger partial charge in [0.05, 0.1) is 4.91 Å². The topological polar surface area (TPSA) is 95.6 Å². The lowest BCUT2D eigenvalue weighted by Gasteiger charge is -2.20. The van der Waals surface area contributed by atoms with E-state index < -0.39 is 29.0 Å². The molecule has 4 amide bonds. The first-order valence-corrected chi connectivity index (χ1v) is 10.1. The van der Waals surface area contributed by atoms with E-state index in [0.717, 1.165) is 16.5 Å². The Bertz CT molecular complexity index is 1040. The van der Waals surface area contributed by atoms with Crippen LogP contribution in [0.1, 0.15) is 12.5 Å². The second kappa shape index (κ2) is 9.15. The van der Waals surface area contributed by atoms with Crippen LogP contribution >= 0.6 is 23.4 Å². The normalized spacial score (nSPS) is 16.0. The van der Waals surface area contributed by atoms with Gasteiger partial charge in [-0.2, -0.15) is 0 Å². The highest BCUT2D eigenvalue weighted by Crippen LogP contribution is 2.32. The monoisotopic (exact) mass is 443 g/mol. The zero-order valence-electron chi connectivity index (χ0n) is 16.1. The number of nitrogens with one attached hydrogen (secondary N) is 2. The van der Waals surface area contributed by atoms with Gasteiger partial charge in [-0.25, -0.2) is 0 Å². The van der Waals surface area contributed by atoms with Crippen LogP contribution in [0.4, 0.5) is 16.2 Å². The maximum absolute atomic E-state index is 12.6. The van der Waals surface area contributed by atoms with E-state index in [1.807, 2.05) is 19.1 Å². The summed E-state index contributed by atoms with van der Waals surface area (Å²) < 4.78 is 0. The summed E-state index contributed by atoms with van der Waals surface area (Å²) in [5.74, 6) is -1.77. The lowest BCUT2D eigenvalue weighted by atomic mass is 10.2. The van der Waals surface area contributed by atoms with E-state index in [2.05, 4.69) is 10.6 Å². The number of anilines is 2. The Hall–Kier alpha value is -3.10. The SMILES string of the molecule is Cc1ccc(NC(=O)/C=C2\SC(=O)N([C@@H](C)C(=O)Nc3ccc(Cl)cc3)C2=O)cc1. The molecule has 0 spiro atoms. The molecule has 154 valence electrons. The van der Waals surface area contributed by atoms with Gasteiger partial charge in [0.2, 0.25) is 11.8 Å². The fourth-order valence-corrected chi connectivity index (χ4v) is 3.65. The van der Waals surface area contributed by atoms with E-state index in [1.54, 1.807) is 36.4 Å². The molecule has 0 aromatic heterocycles. The van der Waals surface area contributed by atoms with Gasteiger partial charge in [0.25, 0.3) is 11.1 Å². The van der Waals surface area contributed by atoms with Gasteiger partial charge in [0.1, 0.15) is 6.04 Å². The molecule has 0 unspecified atom stereocenters. The summed E-state index contributed by atoms with van der Waals surface area (Å²) in [6.07, 6.45) is 1.06. The minimum absolute atomic E-state index is 0.0456. The number of benzene rings is 2. The van der Waals surface area contributed by atoms with Gasteiger partial charge in [0, 0.05) is 22.5 Å². The third-order valence-corrected chi connectivity index (χ3v) is 5.42. The number of hydrogen-bond acceptors (Lipinski definition) is 5. The number of nitrogens with zero attached hydrogens (tertiary/aromatic N) is 1. The smallest absolute Gasteiger partial charge is 0.294 e. The Morgan fingerprint density at radius 2 is 1.57 bits per heavy atom. The zero-order chi connectivity index (χ0) is 21.8. The molecule has 0 saturated carbocycles. The summed E-state index contributed by atoms with van der Waals surface area (Å²) in [5, 5.41) is 5.16. The standard InChI is InChI=1S/C21H18ClN3O4S/c1-12-3-7-15(8-4-12)23-18(26)11-17-20(28)25(21(29)30-17)13(2)19(27)24-16-9-5-14(22)6-10-16/h3-11,13H,1-2H3,(H,23,26)(H,24,27)/b17-11-/t13-/m0/s1. The van der Waals surface area contributed by atoms with E-state index in [9.17, 15) is 19.2 Å². The first kappa shape index (κ1) is 21.6. The number of halogens is 1. The molecule has 1 saturated heterocycles. The number of hydrogen-bond donors (Lipinski definition) is 2. The molecule has 0 bridgehead atoms. The van der Waals surface area contributed by atoms with Crippen molar-refractivity contribution in [3.63, 3.8) is 0 Å². The van der Waals surface area contributed by atoms with Crippen molar-refractivity contribution in [3.05, 3.63) is 70.1 Å². The van der Waals surface area contributed by atoms with Crippen LogP contribution in [0.25, 0.3) is 0 Å². The van der Waals surface area contributed by atoms with E-state index in [1.165, 1.54) is 6.92 Å². The number of rotatable bonds is 5. The molecule has 0 aliphatic carbocycles. The first-order chi connectivity index (χ1) is 14.2. The minimum atomic E-state index is -1.06. The van der Waals surface area contributed by atoms with E-state index in [4.69, 9.17) is 11.6 Å². The van der Waals surface area contributed by atoms with Crippen LogP contribution in [0, 0.1) is 6.92 Å². The molecule has 1 atom stereocenters. The molecule has 3 rings (SSSR count). The Balaban J connectivity index is 1.67. The number of carbonyl (C=O) groups excluding carboxylic acids is 4. The van der Waals surface area contributed by atoms with E-state index >= 15 is 0 Å². The molecule has 1 aliphatic heterocycles. The van der Waals surface area contributed by atoms with Crippen LogP contribution in [-0.4, -0.2) is 33.9 Å². The van der Waals surface area contributed by atoms with Gasteiger partial charge in [-0.05, 0) is 62.0 Å². The van der Waals surface area contributed by atoms with Gasteiger partial charge in [0.15, 0.2) is 0 Å². The molecule has 2 aromatic rings. The summed E-state index contributed by atoms with van der Waals surface area (Å²) in [6, 6.07) is 12.5. The van der Waals surface area contributed by atoms with Crippen LogP contribution in [0.2, 0.25) is 5.02 Å². The Morgan fingerprint density at radius 3 is 2.20 bits per heavy atom. The predicted octanol–water partition coefficient (Wildman–Crippen LogP) is 4.19. The second-order valence-corrected chi connectivity index (χ2v) is 8.01. The fraction of sp³-hybridized carbons (Fsp3) is 0.143. The second-order valence-electron chi connectivity index (χ2n) is 6.58. The lowest BCUT2D eigenvalue weighted by molar-refractivity contribution is -0.130. The number of imide groups is 1. The third-order valence-electron chi connectivity index (χ3n) is 4.28. The van der Waals surface area contributed by atoms with Crippen molar-refractivity contribution in [2.24, 2.45) is 0 Å². The Kier molecular flexibility index (Phi) is 6.59. The maximum Gasteiger partial charge on any atom is 0.294 e. The van der Waals surface area contributed by atoms with Gasteiger partial charge in [-0.3, -0.25) is 24.1 Å². The lowest BCUT2D eigenvalue weighted by Crippen LogP contribution is -2.44. The quantitative estimate of drug-likeness (QED) is 0.675. The van der Waals surface area contributed by atoms with Gasteiger partial charge >= 0.3 is 0 Å². The molecule has 1 fully saturated rings. The zero-order valence-corrected chi connectivity index (χ0v) is 17.7. The average molecular weight is 444 g/mol. The maximum atomic E-state index is 12.6. The van der Waals surface area contributed by atoms with Crippen molar-refractivity contribution in [2.45, 2.75) is 19.9 Å². The number of amides is 4. The summed E-state index contributed by atoms with van der Waals surface area (Å²) in [4.78, 5) is 50.4. The van der Waals surface area contributed by atoms with Crippen LogP contribution < -0.4 is 10.6 Å². The Morgan fingerprint density at radius 1 is 1.00 bits per heavy atom. The van der Waals surface area contributed by atoms with Crippen LogP contribution in [0.3, 0.4) is 0 Å². The summed E-state index contributed by atoms with van der Waals surface area (Å²) in [7, 11) is 0. The molecule has 30 heavy (non-hydrogen) atoms. The van der Waals surface area contributed by atoms with Crippen molar-refractivity contribution < 1.29 is 19.2 Å². The fourth-order valence-electron chi connectivity index (χ4n) is 2.65. The number of thioether (sulfide) groups is 1. The molecule has 1 heterocycles. The largest absolute Gasteiger partial charge is 0.324 e. The van der Waals surface area contributed by atoms with Crippen molar-refractivity contribution in [2.75, 3.05) is 10.6 Å². The van der Waals surface area contributed by atoms with Crippen LogP contribution in [0.5, 0.6) is 0 Å². The number of aryl methyl sites for hydroxylation is 1. The van der Waals surface area contributed by atoms with Gasteiger partial charge < -0.3 is 10.6 Å². The highest BCUT2D eigenvalue weighted by atomic mass is 35.5. The van der Waals surface area contributed by atoms with Gasteiger partial charge in [-0.1, -0.05) is 29.3 Å². The molecule has 7 nitrogen and oxygen atoms in total. The highest BCUT2D eigenvalue weighted by Gasteiger charge is 2.41. The molecular formula is C21H18ClN3O4S. The van der Waals surface area contributed by atoms with Crippen molar-refractivity contribution in [1.29, 1.82) is 0 Å². The predicted molar refractivity (Wildman–Crippen MR) is 117 cm³/mol. The average Bonchev–Trinajstić information content (AvgIpc) is 2.97. The van der Waals surface area contributed by atoms with Gasteiger partial charge in [-0.15, -0.1) is 0 Å². The Labute approximate surface area is 182 Å². The van der Waals surface area contributed by atoms with E-state index in [-0.39, 0.29) is 4.91 Å². The molecule has 2 N–H and O–H groups in total. The molecule has 1 aliphatic rings. The van der Waals surface area contributed by atoms with Crippen LogP contribution in [-0.2, 0) is 14.4 Å². The molecular weight excluding hydrogens is 426 g/mol. The molecule has 9 heteroatoms. The molecule has 0 radical (unpaired) electrons. The van der Waals surface area contributed by atoms with Crippen LogP contribution in [0.15, 0.2) is 59.5 Å². The van der Waals surface area contributed by atoms with Crippen molar-refractivity contribution >= 4 is 57.7 Å². The third kappa shape index (κ3) is 5.08. The summed E-state index contributed by atoms with van der Waals surface area (Å²) in [5.41, 5.74) is 2.09. The van der Waals surface area contributed by atoms with E-state index in [0.29, 0.717) is 28.2 Å². The van der Waals surface area contributed by atoms with Crippen molar-refractivity contribution in [3.8, 4) is 0 Å². The van der Waals surface area contributed by atoms with Crippen molar-refractivity contribution in [1.82, 2.24) is 4.90 Å². The number of carbonyl (C=O) groups is 4. The minimum Gasteiger partial charge on any atom is -0.324 e. The highest BCUT2D eigenvalue weighted by molar-refractivity contribution is 8.18. The summed E-state index contributed by atoms with van der Waals surface area (Å²) in [6.45, 7) is 3.36. The first-order valence-electron chi connectivity index (χ1n) is 8.96. The molecule has 2 aromatic carbocycles. The summed E-state index contributed by atoms with van der Waals surface area (Å²) >= 11 is 6.43.